The van der Waals surface area contributed by atoms with Gasteiger partial charge in [-0.15, -0.1) is 0 Å². The Labute approximate surface area is 165 Å². The number of carbonyl (C=O) groups excluding carboxylic acids is 2. The number of rotatable bonds is 4. The van der Waals surface area contributed by atoms with Crippen molar-refractivity contribution in [3.63, 3.8) is 0 Å². The number of likely N-dealkylation sites (N-methyl/N-ethyl adjacent to an activating group) is 1. The highest BCUT2D eigenvalue weighted by atomic mass is 19.1. The maximum atomic E-state index is 13.4. The first-order valence-corrected chi connectivity index (χ1v) is 9.53. The number of nitrogens with zero attached hydrogens (tertiary/aromatic N) is 2. The Morgan fingerprint density at radius 2 is 1.86 bits per heavy atom. The Morgan fingerprint density at radius 3 is 2.50 bits per heavy atom. The first kappa shape index (κ1) is 19.9. The highest BCUT2D eigenvalue weighted by Crippen LogP contribution is 2.23. The average Bonchev–Trinajstić information content (AvgIpc) is 3.17. The van der Waals surface area contributed by atoms with E-state index in [1.54, 1.807) is 30.1 Å². The molecule has 0 aliphatic carbocycles. The molecule has 1 heterocycles. The number of hydrogen-bond donors (Lipinski definition) is 1. The van der Waals surface area contributed by atoms with Gasteiger partial charge in [-0.25, -0.2) is 9.18 Å². The van der Waals surface area contributed by atoms with Crippen molar-refractivity contribution in [3.8, 4) is 11.1 Å². The van der Waals surface area contributed by atoms with Crippen LogP contribution in [0.3, 0.4) is 0 Å². The molecular formula is C22H26FN3O2. The third-order valence-electron chi connectivity index (χ3n) is 5.13. The van der Waals surface area contributed by atoms with Gasteiger partial charge in [0.2, 0.25) is 5.91 Å². The monoisotopic (exact) mass is 383 g/mol. The summed E-state index contributed by atoms with van der Waals surface area (Å²) >= 11 is 0. The van der Waals surface area contributed by atoms with E-state index >= 15 is 0 Å². The number of likely N-dealkylation sites (tertiary alicyclic amines) is 1. The number of halogens is 1. The zero-order valence-electron chi connectivity index (χ0n) is 16.5. The number of benzene rings is 2. The molecule has 0 spiro atoms. The molecule has 0 aromatic heterocycles. The van der Waals surface area contributed by atoms with E-state index in [1.165, 1.54) is 12.1 Å². The molecule has 6 heteroatoms. The fraction of sp³-hybridized carbons (Fsp3) is 0.364. The molecule has 1 N–H and O–H groups in total. The molecule has 1 atom stereocenters. The van der Waals surface area contributed by atoms with E-state index in [-0.39, 0.29) is 29.7 Å². The van der Waals surface area contributed by atoms with Crippen LogP contribution in [0.2, 0.25) is 0 Å². The number of nitrogens with one attached hydrogen (secondary N) is 1. The lowest BCUT2D eigenvalue weighted by atomic mass is 10.1. The van der Waals surface area contributed by atoms with Crippen molar-refractivity contribution < 1.29 is 14.0 Å². The van der Waals surface area contributed by atoms with Gasteiger partial charge in [0.25, 0.3) is 0 Å². The summed E-state index contributed by atoms with van der Waals surface area (Å²) in [6.07, 6.45) is 0.779. The van der Waals surface area contributed by atoms with Crippen LogP contribution in [0.5, 0.6) is 0 Å². The highest BCUT2D eigenvalue weighted by molar-refractivity contribution is 5.90. The van der Waals surface area contributed by atoms with E-state index in [9.17, 15) is 14.0 Å². The van der Waals surface area contributed by atoms with E-state index in [0.717, 1.165) is 17.5 Å². The predicted octanol–water partition coefficient (Wildman–Crippen LogP) is 4.21. The minimum absolute atomic E-state index is 0.00858. The standard InChI is InChI=1S/C22H26FN3O2/c1-15(2)21(27)26-12-11-20(14-26)25(3)22(28)24-19-9-7-16(8-10-19)17-5-4-6-18(23)13-17/h4-10,13,15,20H,11-12,14H2,1-3H3,(H,24,28)/t20-/m0/s1. The second-order valence-electron chi connectivity index (χ2n) is 7.51. The third kappa shape index (κ3) is 4.50. The second-order valence-corrected chi connectivity index (χ2v) is 7.51. The molecular weight excluding hydrogens is 357 g/mol. The second kappa shape index (κ2) is 8.42. The molecule has 5 nitrogen and oxygen atoms in total. The molecule has 1 saturated heterocycles. The van der Waals surface area contributed by atoms with Crippen LogP contribution in [0.15, 0.2) is 48.5 Å². The van der Waals surface area contributed by atoms with Crippen LogP contribution in [0.4, 0.5) is 14.9 Å². The first-order chi connectivity index (χ1) is 13.3. The average molecular weight is 383 g/mol. The Balaban J connectivity index is 1.59. The summed E-state index contributed by atoms with van der Waals surface area (Å²) < 4.78 is 13.4. The Kier molecular flexibility index (Phi) is 5.97. The quantitative estimate of drug-likeness (QED) is 0.860. The van der Waals surface area contributed by atoms with E-state index in [2.05, 4.69) is 5.32 Å². The normalized spacial score (nSPS) is 16.3. The first-order valence-electron chi connectivity index (χ1n) is 9.53. The smallest absolute Gasteiger partial charge is 0.321 e. The van der Waals surface area contributed by atoms with E-state index in [1.807, 2.05) is 36.9 Å². The number of amides is 3. The molecule has 1 aliphatic rings. The van der Waals surface area contributed by atoms with E-state index < -0.39 is 0 Å². The lowest BCUT2D eigenvalue weighted by Gasteiger charge is -2.25. The minimum atomic E-state index is -0.280. The van der Waals surface area contributed by atoms with Crippen molar-refractivity contribution in [2.45, 2.75) is 26.3 Å². The number of urea groups is 1. The minimum Gasteiger partial charge on any atom is -0.340 e. The summed E-state index contributed by atoms with van der Waals surface area (Å²) in [5.41, 5.74) is 2.34. The summed E-state index contributed by atoms with van der Waals surface area (Å²) in [7, 11) is 1.75. The molecule has 0 bridgehead atoms. The van der Waals surface area contributed by atoms with Gasteiger partial charge in [-0.3, -0.25) is 4.79 Å². The molecule has 28 heavy (non-hydrogen) atoms. The van der Waals surface area contributed by atoms with Crippen LogP contribution in [-0.2, 0) is 4.79 Å². The topological polar surface area (TPSA) is 52.7 Å². The Bertz CT molecular complexity index is 851. The molecule has 2 aromatic carbocycles. The highest BCUT2D eigenvalue weighted by Gasteiger charge is 2.31. The predicted molar refractivity (Wildman–Crippen MR) is 108 cm³/mol. The van der Waals surface area contributed by atoms with Crippen molar-refractivity contribution in [2.75, 3.05) is 25.5 Å². The Morgan fingerprint density at radius 1 is 1.14 bits per heavy atom. The summed E-state index contributed by atoms with van der Waals surface area (Å²) in [6.45, 7) is 5.03. The van der Waals surface area contributed by atoms with Gasteiger partial charge in [0, 0.05) is 31.7 Å². The van der Waals surface area contributed by atoms with Gasteiger partial charge in [0.15, 0.2) is 0 Å². The fourth-order valence-corrected chi connectivity index (χ4v) is 3.41. The molecule has 1 fully saturated rings. The van der Waals surface area contributed by atoms with Crippen LogP contribution < -0.4 is 5.32 Å². The van der Waals surface area contributed by atoms with Gasteiger partial charge in [-0.2, -0.15) is 0 Å². The fourth-order valence-electron chi connectivity index (χ4n) is 3.41. The zero-order valence-corrected chi connectivity index (χ0v) is 16.5. The lowest BCUT2D eigenvalue weighted by Crippen LogP contribution is -2.42. The molecule has 0 unspecified atom stereocenters. The van der Waals surface area contributed by atoms with Gasteiger partial charge in [0.05, 0.1) is 6.04 Å². The van der Waals surface area contributed by atoms with Gasteiger partial charge < -0.3 is 15.1 Å². The van der Waals surface area contributed by atoms with Crippen molar-refractivity contribution in [1.29, 1.82) is 0 Å². The SMILES string of the molecule is CC(C)C(=O)N1CC[C@H](N(C)C(=O)Nc2ccc(-c3cccc(F)c3)cc2)C1. The summed E-state index contributed by atoms with van der Waals surface area (Å²) in [6, 6.07) is 13.5. The van der Waals surface area contributed by atoms with Gasteiger partial charge >= 0.3 is 6.03 Å². The summed E-state index contributed by atoms with van der Waals surface area (Å²) in [5.74, 6) is -0.184. The van der Waals surface area contributed by atoms with Crippen molar-refractivity contribution in [2.24, 2.45) is 5.92 Å². The largest absolute Gasteiger partial charge is 0.340 e. The number of anilines is 1. The number of carbonyl (C=O) groups is 2. The molecule has 2 aromatic rings. The maximum absolute atomic E-state index is 13.4. The summed E-state index contributed by atoms with van der Waals surface area (Å²) in [5, 5.41) is 2.88. The molecule has 3 rings (SSSR count). The zero-order chi connectivity index (χ0) is 20.3. The van der Waals surface area contributed by atoms with Gasteiger partial charge in [-0.1, -0.05) is 38.1 Å². The van der Waals surface area contributed by atoms with E-state index in [4.69, 9.17) is 0 Å². The third-order valence-corrected chi connectivity index (χ3v) is 5.13. The number of hydrogen-bond acceptors (Lipinski definition) is 2. The van der Waals surface area contributed by atoms with E-state index in [0.29, 0.717) is 18.8 Å². The maximum Gasteiger partial charge on any atom is 0.321 e. The van der Waals surface area contributed by atoms with Gasteiger partial charge in [0.1, 0.15) is 5.82 Å². The van der Waals surface area contributed by atoms with Crippen LogP contribution in [0.1, 0.15) is 20.3 Å². The molecule has 148 valence electrons. The molecule has 0 radical (unpaired) electrons. The van der Waals surface area contributed by atoms with Crippen LogP contribution in [-0.4, -0.2) is 47.9 Å². The van der Waals surface area contributed by atoms with Crippen molar-refractivity contribution in [1.82, 2.24) is 9.80 Å². The van der Waals surface area contributed by atoms with Crippen LogP contribution in [0.25, 0.3) is 11.1 Å². The van der Waals surface area contributed by atoms with Crippen LogP contribution >= 0.6 is 0 Å². The molecule has 3 amide bonds. The van der Waals surface area contributed by atoms with Gasteiger partial charge in [-0.05, 0) is 41.8 Å². The van der Waals surface area contributed by atoms with Crippen molar-refractivity contribution >= 4 is 17.6 Å². The van der Waals surface area contributed by atoms with Crippen molar-refractivity contribution in [3.05, 3.63) is 54.3 Å². The van der Waals surface area contributed by atoms with Crippen LogP contribution in [0, 0.1) is 11.7 Å². The molecule has 1 aliphatic heterocycles. The summed E-state index contributed by atoms with van der Waals surface area (Å²) in [4.78, 5) is 28.2. The Hall–Kier alpha value is -2.89. The lowest BCUT2D eigenvalue weighted by molar-refractivity contribution is -0.133. The molecule has 0 saturated carbocycles.